The first-order valence-corrected chi connectivity index (χ1v) is 10.7. The number of rotatable bonds is 10. The number of hydrogen-bond donors (Lipinski definition) is 3. The van der Waals surface area contributed by atoms with Crippen LogP contribution in [-0.4, -0.2) is 62.6 Å². The average molecular weight is 519 g/mol. The van der Waals surface area contributed by atoms with Crippen LogP contribution < -0.4 is 16.0 Å². The second-order valence-electron chi connectivity index (χ2n) is 7.61. The molecule has 1 amide bonds. The molecule has 0 aliphatic carbocycles. The molecule has 0 bridgehead atoms. The second kappa shape index (κ2) is 14.7. The van der Waals surface area contributed by atoms with Crippen molar-refractivity contribution < 1.29 is 9.21 Å². The molecule has 7 nitrogen and oxygen atoms in total. The van der Waals surface area contributed by atoms with E-state index < -0.39 is 0 Å². The van der Waals surface area contributed by atoms with Crippen LogP contribution in [0.5, 0.6) is 0 Å². The van der Waals surface area contributed by atoms with Crippen LogP contribution in [0.2, 0.25) is 0 Å². The van der Waals surface area contributed by atoms with Gasteiger partial charge in [0.15, 0.2) is 11.7 Å². The van der Waals surface area contributed by atoms with Crippen molar-refractivity contribution in [1.29, 1.82) is 0 Å². The van der Waals surface area contributed by atoms with Gasteiger partial charge in [0, 0.05) is 31.7 Å². The minimum Gasteiger partial charge on any atom is -0.459 e. The second-order valence-corrected chi connectivity index (χ2v) is 7.61. The third kappa shape index (κ3) is 9.84. The first kappa shape index (κ1) is 25.7. The number of piperidine rings is 1. The number of carbonyl (C=O) groups is 1. The van der Waals surface area contributed by atoms with Gasteiger partial charge in [0.05, 0.1) is 6.26 Å². The monoisotopic (exact) mass is 519 g/mol. The Labute approximate surface area is 192 Å². The molecule has 1 aliphatic heterocycles. The van der Waals surface area contributed by atoms with E-state index in [4.69, 9.17) is 4.42 Å². The number of aliphatic imine (C=N–C) groups is 1. The fourth-order valence-electron chi connectivity index (χ4n) is 3.29. The highest BCUT2D eigenvalue weighted by Crippen LogP contribution is 2.15. The van der Waals surface area contributed by atoms with E-state index in [0.29, 0.717) is 18.8 Å². The Kier molecular flexibility index (Phi) is 13.0. The van der Waals surface area contributed by atoms with Crippen LogP contribution in [0.25, 0.3) is 0 Å². The summed E-state index contributed by atoms with van der Waals surface area (Å²) in [5.74, 6) is 1.96. The summed E-state index contributed by atoms with van der Waals surface area (Å²) < 4.78 is 5.19. The molecule has 2 rings (SSSR count). The SMILES string of the molecule is CCNC(=NCCCNC(=O)c1occc1C)NCCCN1CCC(C)CC1.I. The number of amides is 1. The predicted molar refractivity (Wildman–Crippen MR) is 129 cm³/mol. The van der Waals surface area contributed by atoms with E-state index in [-0.39, 0.29) is 29.9 Å². The summed E-state index contributed by atoms with van der Waals surface area (Å²) in [7, 11) is 0. The van der Waals surface area contributed by atoms with Gasteiger partial charge in [-0.1, -0.05) is 6.92 Å². The van der Waals surface area contributed by atoms with E-state index in [1.165, 1.54) is 32.2 Å². The van der Waals surface area contributed by atoms with Crippen LogP contribution >= 0.6 is 24.0 Å². The van der Waals surface area contributed by atoms with E-state index in [9.17, 15) is 4.79 Å². The van der Waals surface area contributed by atoms with Gasteiger partial charge in [-0.15, -0.1) is 24.0 Å². The van der Waals surface area contributed by atoms with E-state index in [1.807, 2.05) is 6.92 Å². The zero-order valence-corrected chi connectivity index (χ0v) is 20.5. The molecule has 3 N–H and O–H groups in total. The van der Waals surface area contributed by atoms with Gasteiger partial charge in [-0.2, -0.15) is 0 Å². The van der Waals surface area contributed by atoms with Gasteiger partial charge in [0.25, 0.3) is 5.91 Å². The third-order valence-electron chi connectivity index (χ3n) is 5.12. The maximum absolute atomic E-state index is 12.0. The standard InChI is InChI=1S/C21H37N5O2.HI/c1-4-22-21(25-12-6-13-26-14-7-17(2)8-15-26)24-11-5-10-23-20(27)19-18(3)9-16-28-19;/h9,16-17H,4-8,10-15H2,1-3H3,(H,23,27)(H2,22,24,25);1H. The van der Waals surface area contributed by atoms with Crippen molar-refractivity contribution in [2.45, 2.75) is 46.5 Å². The molecule has 0 spiro atoms. The largest absolute Gasteiger partial charge is 0.459 e. The van der Waals surface area contributed by atoms with Crippen molar-refractivity contribution in [3.63, 3.8) is 0 Å². The Balaban J connectivity index is 0.00000420. The molecule has 1 saturated heterocycles. The molecule has 0 aromatic carbocycles. The molecular formula is C21H38IN5O2. The van der Waals surface area contributed by atoms with Crippen LogP contribution in [0.4, 0.5) is 0 Å². The highest BCUT2D eigenvalue weighted by Gasteiger charge is 2.14. The van der Waals surface area contributed by atoms with Crippen molar-refractivity contribution in [2.24, 2.45) is 10.9 Å². The number of hydrogen-bond acceptors (Lipinski definition) is 4. The number of carbonyl (C=O) groups excluding carboxylic acids is 1. The fourth-order valence-corrected chi connectivity index (χ4v) is 3.29. The molecule has 8 heteroatoms. The van der Waals surface area contributed by atoms with Gasteiger partial charge < -0.3 is 25.3 Å². The smallest absolute Gasteiger partial charge is 0.287 e. The van der Waals surface area contributed by atoms with Gasteiger partial charge in [0.2, 0.25) is 0 Å². The summed E-state index contributed by atoms with van der Waals surface area (Å²) in [6, 6.07) is 1.79. The van der Waals surface area contributed by atoms with Crippen molar-refractivity contribution in [3.8, 4) is 0 Å². The van der Waals surface area contributed by atoms with Crippen molar-refractivity contribution in [2.75, 3.05) is 45.8 Å². The molecule has 1 fully saturated rings. The summed E-state index contributed by atoms with van der Waals surface area (Å²) in [5.41, 5.74) is 0.855. The van der Waals surface area contributed by atoms with E-state index in [1.54, 1.807) is 6.07 Å². The molecule has 0 atom stereocenters. The molecule has 1 aromatic rings. The topological polar surface area (TPSA) is 81.9 Å². The van der Waals surface area contributed by atoms with Crippen molar-refractivity contribution >= 4 is 35.8 Å². The Bertz CT molecular complexity index is 612. The summed E-state index contributed by atoms with van der Waals surface area (Å²) in [5, 5.41) is 9.56. The fraction of sp³-hybridized carbons (Fsp3) is 0.714. The Hall–Kier alpha value is -1.29. The number of furan rings is 1. The third-order valence-corrected chi connectivity index (χ3v) is 5.12. The molecule has 0 saturated carbocycles. The van der Waals surface area contributed by atoms with Crippen LogP contribution in [0, 0.1) is 12.8 Å². The Morgan fingerprint density at radius 1 is 1.21 bits per heavy atom. The summed E-state index contributed by atoms with van der Waals surface area (Å²) in [6.07, 6.45) is 6.10. The predicted octanol–water partition coefficient (Wildman–Crippen LogP) is 3.00. The van der Waals surface area contributed by atoms with Gasteiger partial charge in [-0.3, -0.25) is 9.79 Å². The van der Waals surface area contributed by atoms with Gasteiger partial charge in [0.1, 0.15) is 0 Å². The molecule has 1 aromatic heterocycles. The van der Waals surface area contributed by atoms with Gasteiger partial charge >= 0.3 is 0 Å². The molecular weight excluding hydrogens is 481 g/mol. The number of aryl methyl sites for hydroxylation is 1. The maximum Gasteiger partial charge on any atom is 0.287 e. The lowest BCUT2D eigenvalue weighted by Crippen LogP contribution is -2.40. The summed E-state index contributed by atoms with van der Waals surface area (Å²) in [6.45, 7) is 12.9. The quantitative estimate of drug-likeness (QED) is 0.192. The van der Waals surface area contributed by atoms with Gasteiger partial charge in [-0.05, 0) is 71.1 Å². The first-order valence-electron chi connectivity index (χ1n) is 10.7. The van der Waals surface area contributed by atoms with Gasteiger partial charge in [-0.25, -0.2) is 0 Å². The summed E-state index contributed by atoms with van der Waals surface area (Å²) >= 11 is 0. The maximum atomic E-state index is 12.0. The number of likely N-dealkylation sites (tertiary alicyclic amines) is 1. The van der Waals surface area contributed by atoms with Crippen molar-refractivity contribution in [3.05, 3.63) is 23.7 Å². The minimum absolute atomic E-state index is 0. The minimum atomic E-state index is -0.163. The number of halogens is 1. The van der Waals surface area contributed by atoms with Crippen LogP contribution in [0.3, 0.4) is 0 Å². The molecule has 0 unspecified atom stereocenters. The number of guanidine groups is 1. The van der Waals surface area contributed by atoms with E-state index in [0.717, 1.165) is 49.9 Å². The highest BCUT2D eigenvalue weighted by molar-refractivity contribution is 14.0. The summed E-state index contributed by atoms with van der Waals surface area (Å²) in [4.78, 5) is 19.1. The zero-order valence-electron chi connectivity index (χ0n) is 18.1. The molecule has 0 radical (unpaired) electrons. The molecule has 2 heterocycles. The van der Waals surface area contributed by atoms with E-state index >= 15 is 0 Å². The van der Waals surface area contributed by atoms with Crippen LogP contribution in [0.1, 0.15) is 55.6 Å². The van der Waals surface area contributed by atoms with E-state index in [2.05, 4.69) is 39.7 Å². The van der Waals surface area contributed by atoms with Crippen LogP contribution in [0.15, 0.2) is 21.7 Å². The Morgan fingerprint density at radius 2 is 1.93 bits per heavy atom. The lowest BCUT2D eigenvalue weighted by atomic mass is 9.99. The lowest BCUT2D eigenvalue weighted by Gasteiger charge is -2.30. The molecule has 29 heavy (non-hydrogen) atoms. The number of nitrogens with zero attached hydrogens (tertiary/aromatic N) is 2. The normalized spacial score (nSPS) is 15.6. The zero-order chi connectivity index (χ0) is 20.2. The first-order chi connectivity index (χ1) is 13.6. The molecule has 166 valence electrons. The van der Waals surface area contributed by atoms with Crippen molar-refractivity contribution in [1.82, 2.24) is 20.9 Å². The molecule has 1 aliphatic rings. The average Bonchev–Trinajstić information content (AvgIpc) is 3.12. The highest BCUT2D eigenvalue weighted by atomic mass is 127. The van der Waals surface area contributed by atoms with Crippen LogP contribution in [-0.2, 0) is 0 Å². The number of nitrogens with one attached hydrogen (secondary N) is 3. The Morgan fingerprint density at radius 3 is 2.59 bits per heavy atom. The lowest BCUT2D eigenvalue weighted by molar-refractivity contribution is 0.0925.